The number of nitrogens with zero attached hydrogens (tertiary/aromatic N) is 1. The van der Waals surface area contributed by atoms with Crippen LogP contribution < -0.4 is 4.98 Å². The zero-order valence-electron chi connectivity index (χ0n) is 9.89. The molecule has 0 saturated heterocycles. The van der Waals surface area contributed by atoms with Gasteiger partial charge < -0.3 is 9.55 Å². The number of nitrogens with one attached hydrogen (secondary N) is 1. The van der Waals surface area contributed by atoms with E-state index in [0.29, 0.717) is 5.41 Å². The van der Waals surface area contributed by atoms with E-state index in [1.807, 2.05) is 0 Å². The Balaban J connectivity index is 4.17. The zero-order valence-corrected chi connectivity index (χ0v) is 11.0. The van der Waals surface area contributed by atoms with Gasteiger partial charge in [0.25, 0.3) is 0 Å². The molecule has 0 saturated carbocycles. The van der Waals surface area contributed by atoms with Crippen LogP contribution in [0.4, 0.5) is 0 Å². The van der Waals surface area contributed by atoms with Crippen LogP contribution in [0.2, 0.25) is 0 Å². The standard InChI is InChI=1S/C10H24N2Si/c1-7-11-13(12(5)6)9-8-10(2,3)4/h8-9,11,13H,7H2,1-6H3. The minimum absolute atomic E-state index is 0.302. The number of hydrogen-bond acceptors (Lipinski definition) is 2. The first-order chi connectivity index (χ1) is 5.87. The van der Waals surface area contributed by atoms with Gasteiger partial charge in [0.2, 0.25) is 9.12 Å². The molecule has 1 N–H and O–H groups in total. The molecule has 0 aliphatic carbocycles. The quantitative estimate of drug-likeness (QED) is 0.692. The van der Waals surface area contributed by atoms with Crippen molar-refractivity contribution in [2.24, 2.45) is 5.41 Å². The molecule has 2 nitrogen and oxygen atoms in total. The van der Waals surface area contributed by atoms with Crippen LogP contribution in [-0.4, -0.2) is 34.3 Å². The van der Waals surface area contributed by atoms with Gasteiger partial charge >= 0.3 is 0 Å². The molecule has 0 heterocycles. The van der Waals surface area contributed by atoms with E-state index < -0.39 is 9.12 Å². The van der Waals surface area contributed by atoms with Gasteiger partial charge in [-0.1, -0.05) is 39.5 Å². The highest BCUT2D eigenvalue weighted by molar-refractivity contribution is 6.58. The molecule has 0 amide bonds. The van der Waals surface area contributed by atoms with Crippen molar-refractivity contribution in [2.75, 3.05) is 20.6 Å². The van der Waals surface area contributed by atoms with Gasteiger partial charge in [-0.25, -0.2) is 0 Å². The summed E-state index contributed by atoms with van der Waals surface area (Å²) in [6.07, 6.45) is 2.31. The smallest absolute Gasteiger partial charge is 0.212 e. The van der Waals surface area contributed by atoms with E-state index in [4.69, 9.17) is 0 Å². The van der Waals surface area contributed by atoms with Crippen LogP contribution in [0, 0.1) is 5.41 Å². The lowest BCUT2D eigenvalue weighted by Gasteiger charge is -2.21. The van der Waals surface area contributed by atoms with Crippen LogP contribution >= 0.6 is 0 Å². The van der Waals surface area contributed by atoms with Crippen LogP contribution in [-0.2, 0) is 0 Å². The summed E-state index contributed by atoms with van der Waals surface area (Å²) in [7, 11) is 3.29. The molecular weight excluding hydrogens is 176 g/mol. The molecular formula is C10H24N2Si. The van der Waals surface area contributed by atoms with Crippen molar-refractivity contribution >= 4 is 9.12 Å². The fourth-order valence-corrected chi connectivity index (χ4v) is 3.04. The third-order valence-electron chi connectivity index (χ3n) is 1.75. The van der Waals surface area contributed by atoms with E-state index in [0.717, 1.165) is 6.54 Å². The zero-order chi connectivity index (χ0) is 10.5. The Morgan fingerprint density at radius 2 is 1.85 bits per heavy atom. The molecule has 0 radical (unpaired) electrons. The Morgan fingerprint density at radius 3 is 2.15 bits per heavy atom. The van der Waals surface area contributed by atoms with Crippen molar-refractivity contribution in [2.45, 2.75) is 27.7 Å². The molecule has 13 heavy (non-hydrogen) atoms. The molecule has 0 aromatic carbocycles. The van der Waals surface area contributed by atoms with Gasteiger partial charge in [0, 0.05) is 0 Å². The molecule has 0 aromatic heterocycles. The monoisotopic (exact) mass is 200 g/mol. The topological polar surface area (TPSA) is 15.3 Å². The van der Waals surface area contributed by atoms with Gasteiger partial charge in [-0.05, 0) is 26.1 Å². The predicted molar refractivity (Wildman–Crippen MR) is 63.1 cm³/mol. The summed E-state index contributed by atoms with van der Waals surface area (Å²) in [4.78, 5) is 3.53. The van der Waals surface area contributed by atoms with Crippen LogP contribution in [0.1, 0.15) is 27.7 Å². The molecule has 1 unspecified atom stereocenters. The lowest BCUT2D eigenvalue weighted by molar-refractivity contribution is 0.543. The molecule has 0 aliphatic rings. The van der Waals surface area contributed by atoms with Crippen LogP contribution in [0.3, 0.4) is 0 Å². The summed E-state index contributed by atoms with van der Waals surface area (Å²) in [6, 6.07) is 0. The normalized spacial score (nSPS) is 15.6. The second kappa shape index (κ2) is 5.57. The summed E-state index contributed by atoms with van der Waals surface area (Å²) >= 11 is 0. The summed E-state index contributed by atoms with van der Waals surface area (Å²) in [5.74, 6) is 0. The maximum absolute atomic E-state index is 3.53. The van der Waals surface area contributed by atoms with E-state index >= 15 is 0 Å². The average molecular weight is 200 g/mol. The average Bonchev–Trinajstić information content (AvgIpc) is 1.95. The third kappa shape index (κ3) is 6.99. The maximum atomic E-state index is 3.53. The fraction of sp³-hybridized carbons (Fsp3) is 0.800. The minimum atomic E-state index is -1.00. The summed E-state index contributed by atoms with van der Waals surface area (Å²) in [6.45, 7) is 9.92. The van der Waals surface area contributed by atoms with Gasteiger partial charge in [-0.2, -0.15) is 0 Å². The van der Waals surface area contributed by atoms with Crippen LogP contribution in [0.25, 0.3) is 0 Å². The van der Waals surface area contributed by atoms with Crippen molar-refractivity contribution in [1.82, 2.24) is 9.55 Å². The van der Waals surface area contributed by atoms with Crippen molar-refractivity contribution in [3.05, 3.63) is 11.8 Å². The summed E-state index contributed by atoms with van der Waals surface area (Å²) in [5, 5.41) is 0. The fourth-order valence-electron chi connectivity index (χ4n) is 1.01. The van der Waals surface area contributed by atoms with Gasteiger partial charge in [-0.3, -0.25) is 0 Å². The molecule has 0 aliphatic heterocycles. The number of allylic oxidation sites excluding steroid dienone is 1. The van der Waals surface area contributed by atoms with Crippen molar-refractivity contribution in [3.8, 4) is 0 Å². The summed E-state index contributed by atoms with van der Waals surface area (Å²) < 4.78 is 2.31. The Bertz CT molecular complexity index is 159. The van der Waals surface area contributed by atoms with Crippen molar-refractivity contribution in [1.29, 1.82) is 0 Å². The van der Waals surface area contributed by atoms with Gasteiger partial charge in [0.15, 0.2) is 0 Å². The van der Waals surface area contributed by atoms with Crippen molar-refractivity contribution < 1.29 is 0 Å². The highest BCUT2D eigenvalue weighted by Gasteiger charge is 2.10. The maximum Gasteiger partial charge on any atom is 0.212 e. The summed E-state index contributed by atoms with van der Waals surface area (Å²) in [5.41, 5.74) is 2.67. The molecule has 0 spiro atoms. The second-order valence-electron chi connectivity index (χ2n) is 4.69. The number of rotatable bonds is 4. The SMILES string of the molecule is CCN[SiH](C=CC(C)(C)C)N(C)C. The Hall–Kier alpha value is -0.123. The van der Waals surface area contributed by atoms with E-state index in [1.54, 1.807) is 0 Å². The predicted octanol–water partition coefficient (Wildman–Crippen LogP) is 1.52. The van der Waals surface area contributed by atoms with E-state index in [2.05, 4.69) is 63.1 Å². The Morgan fingerprint density at radius 1 is 1.31 bits per heavy atom. The second-order valence-corrected chi connectivity index (χ2v) is 7.41. The van der Waals surface area contributed by atoms with E-state index in [1.165, 1.54) is 0 Å². The molecule has 78 valence electrons. The Kier molecular flexibility index (Phi) is 5.52. The van der Waals surface area contributed by atoms with Gasteiger partial charge in [0.05, 0.1) is 0 Å². The van der Waals surface area contributed by atoms with Crippen LogP contribution in [0.5, 0.6) is 0 Å². The first-order valence-electron chi connectivity index (χ1n) is 4.96. The first kappa shape index (κ1) is 12.9. The largest absolute Gasteiger partial charge is 0.325 e. The van der Waals surface area contributed by atoms with Crippen molar-refractivity contribution in [3.63, 3.8) is 0 Å². The lowest BCUT2D eigenvalue weighted by Crippen LogP contribution is -2.45. The highest BCUT2D eigenvalue weighted by Crippen LogP contribution is 2.14. The molecule has 1 atom stereocenters. The molecule has 0 rings (SSSR count). The minimum Gasteiger partial charge on any atom is -0.325 e. The molecule has 0 bridgehead atoms. The Labute approximate surface area is 84.8 Å². The van der Waals surface area contributed by atoms with Crippen LogP contribution in [0.15, 0.2) is 11.8 Å². The van der Waals surface area contributed by atoms with Gasteiger partial charge in [-0.15, -0.1) is 0 Å². The highest BCUT2D eigenvalue weighted by atomic mass is 28.3. The molecule has 0 aromatic rings. The third-order valence-corrected chi connectivity index (χ3v) is 4.24. The number of hydrogen-bond donors (Lipinski definition) is 1. The van der Waals surface area contributed by atoms with E-state index in [9.17, 15) is 0 Å². The molecule has 3 heteroatoms. The van der Waals surface area contributed by atoms with Gasteiger partial charge in [0.1, 0.15) is 0 Å². The lowest BCUT2D eigenvalue weighted by atomic mass is 9.98. The van der Waals surface area contributed by atoms with E-state index in [-0.39, 0.29) is 0 Å². The molecule has 0 fully saturated rings. The first-order valence-corrected chi connectivity index (χ1v) is 6.72.